The quantitative estimate of drug-likeness (QED) is 0.608. The lowest BCUT2D eigenvalue weighted by Gasteiger charge is -2.18. The first kappa shape index (κ1) is 12.4. The normalized spacial score (nSPS) is 12.6. The molecule has 0 rings (SSSR count). The van der Waals surface area contributed by atoms with Gasteiger partial charge in [0.25, 0.3) is 0 Å². The Kier molecular flexibility index (Phi) is 6.54. The first-order chi connectivity index (χ1) is 6.11. The van der Waals surface area contributed by atoms with Crippen molar-refractivity contribution < 1.29 is 9.90 Å². The van der Waals surface area contributed by atoms with Gasteiger partial charge in [-0.2, -0.15) is 0 Å². The Hall–Kier alpha value is -0.610. The molecule has 0 aliphatic heterocycles. The molecule has 4 heteroatoms. The third kappa shape index (κ3) is 5.60. The molecule has 0 bridgehead atoms. The highest BCUT2D eigenvalue weighted by molar-refractivity contribution is 5.78. The van der Waals surface area contributed by atoms with Crippen LogP contribution in [-0.2, 0) is 4.79 Å². The van der Waals surface area contributed by atoms with Gasteiger partial charge >= 0.3 is 0 Å². The number of rotatable bonds is 6. The molecule has 78 valence electrons. The number of aliphatic hydroxyl groups is 1. The van der Waals surface area contributed by atoms with Crippen molar-refractivity contribution in [2.45, 2.75) is 26.9 Å². The highest BCUT2D eigenvalue weighted by atomic mass is 16.3. The number of amides is 1. The first-order valence-electron chi connectivity index (χ1n) is 4.78. The zero-order chi connectivity index (χ0) is 10.3. The van der Waals surface area contributed by atoms with Gasteiger partial charge in [-0.25, -0.2) is 0 Å². The van der Waals surface area contributed by atoms with Gasteiger partial charge in [0, 0.05) is 19.6 Å². The minimum Gasteiger partial charge on any atom is -0.392 e. The second-order valence-electron chi connectivity index (χ2n) is 3.05. The van der Waals surface area contributed by atoms with Gasteiger partial charge < -0.3 is 15.3 Å². The second kappa shape index (κ2) is 6.86. The van der Waals surface area contributed by atoms with Gasteiger partial charge in [0.05, 0.1) is 12.6 Å². The highest BCUT2D eigenvalue weighted by Crippen LogP contribution is 1.87. The van der Waals surface area contributed by atoms with Crippen molar-refractivity contribution in [2.75, 3.05) is 26.2 Å². The van der Waals surface area contributed by atoms with Crippen LogP contribution in [-0.4, -0.2) is 48.2 Å². The van der Waals surface area contributed by atoms with Crippen LogP contribution in [0.25, 0.3) is 0 Å². The summed E-state index contributed by atoms with van der Waals surface area (Å²) in [6.07, 6.45) is -0.399. The predicted octanol–water partition coefficient (Wildman–Crippen LogP) is -0.175. The molecule has 0 heterocycles. The van der Waals surface area contributed by atoms with E-state index in [1.165, 1.54) is 0 Å². The van der Waals surface area contributed by atoms with Crippen LogP contribution in [0.1, 0.15) is 20.8 Å². The summed E-state index contributed by atoms with van der Waals surface area (Å²) in [7, 11) is 0. The average molecular weight is 188 g/mol. The Morgan fingerprint density at radius 1 is 1.46 bits per heavy atom. The highest BCUT2D eigenvalue weighted by Gasteiger charge is 2.08. The summed E-state index contributed by atoms with van der Waals surface area (Å²) in [5.74, 6) is 0.0886. The Bertz CT molecular complexity index is 145. The smallest absolute Gasteiger partial charge is 0.236 e. The fraction of sp³-hybridized carbons (Fsp3) is 0.889. The number of carbonyl (C=O) groups excluding carboxylic acids is 1. The third-order valence-electron chi connectivity index (χ3n) is 1.83. The van der Waals surface area contributed by atoms with Crippen molar-refractivity contribution in [3.05, 3.63) is 0 Å². The van der Waals surface area contributed by atoms with E-state index in [2.05, 4.69) is 5.32 Å². The number of nitrogens with zero attached hydrogens (tertiary/aromatic N) is 1. The molecule has 13 heavy (non-hydrogen) atoms. The number of nitrogens with one attached hydrogen (secondary N) is 1. The zero-order valence-corrected chi connectivity index (χ0v) is 8.71. The van der Waals surface area contributed by atoms with Gasteiger partial charge in [0.2, 0.25) is 5.91 Å². The number of hydrogen-bond donors (Lipinski definition) is 2. The van der Waals surface area contributed by atoms with E-state index < -0.39 is 6.10 Å². The number of hydrogen-bond acceptors (Lipinski definition) is 3. The molecule has 0 saturated carbocycles. The van der Waals surface area contributed by atoms with E-state index in [9.17, 15) is 4.79 Å². The van der Waals surface area contributed by atoms with E-state index in [1.807, 2.05) is 13.8 Å². The fourth-order valence-electron chi connectivity index (χ4n) is 1.08. The van der Waals surface area contributed by atoms with E-state index in [4.69, 9.17) is 5.11 Å². The Labute approximate surface area is 79.9 Å². The molecular formula is C9H20N2O2. The molecule has 1 unspecified atom stereocenters. The molecule has 0 saturated heterocycles. The van der Waals surface area contributed by atoms with Crippen molar-refractivity contribution in [3.8, 4) is 0 Å². The molecule has 0 radical (unpaired) electrons. The number of aliphatic hydroxyl groups excluding tert-OH is 1. The van der Waals surface area contributed by atoms with Gasteiger partial charge in [0.1, 0.15) is 0 Å². The van der Waals surface area contributed by atoms with E-state index in [0.29, 0.717) is 13.1 Å². The van der Waals surface area contributed by atoms with Crippen molar-refractivity contribution >= 4 is 5.91 Å². The Morgan fingerprint density at radius 2 is 2.00 bits per heavy atom. The van der Waals surface area contributed by atoms with E-state index >= 15 is 0 Å². The lowest BCUT2D eigenvalue weighted by atomic mass is 10.4. The van der Waals surface area contributed by atoms with Crippen LogP contribution >= 0.6 is 0 Å². The van der Waals surface area contributed by atoms with E-state index in [1.54, 1.807) is 11.8 Å². The molecule has 1 atom stereocenters. The Morgan fingerprint density at radius 3 is 2.38 bits per heavy atom. The molecule has 0 aromatic heterocycles. The second-order valence-corrected chi connectivity index (χ2v) is 3.05. The first-order valence-corrected chi connectivity index (χ1v) is 4.78. The summed E-state index contributed by atoms with van der Waals surface area (Å²) in [5, 5.41) is 11.8. The molecule has 0 aliphatic rings. The van der Waals surface area contributed by atoms with E-state index in [0.717, 1.165) is 13.1 Å². The number of likely N-dealkylation sites (N-methyl/N-ethyl adjacent to an activating group) is 1. The molecule has 0 aromatic rings. The molecular weight excluding hydrogens is 168 g/mol. The lowest BCUT2D eigenvalue weighted by Crippen LogP contribution is -2.39. The largest absolute Gasteiger partial charge is 0.392 e. The zero-order valence-electron chi connectivity index (χ0n) is 8.71. The van der Waals surface area contributed by atoms with Crippen molar-refractivity contribution in [1.82, 2.24) is 10.2 Å². The minimum absolute atomic E-state index is 0.0886. The minimum atomic E-state index is -0.399. The van der Waals surface area contributed by atoms with Gasteiger partial charge in [-0.1, -0.05) is 0 Å². The predicted molar refractivity (Wildman–Crippen MR) is 52.5 cm³/mol. The molecule has 0 fully saturated rings. The molecule has 0 aliphatic carbocycles. The summed E-state index contributed by atoms with van der Waals surface area (Å²) in [5.41, 5.74) is 0. The maximum atomic E-state index is 11.4. The van der Waals surface area contributed by atoms with Gasteiger partial charge in [-0.3, -0.25) is 4.79 Å². The Balaban J connectivity index is 3.60. The molecule has 2 N–H and O–H groups in total. The molecule has 0 aromatic carbocycles. The maximum Gasteiger partial charge on any atom is 0.236 e. The van der Waals surface area contributed by atoms with Crippen LogP contribution in [0, 0.1) is 0 Å². The van der Waals surface area contributed by atoms with Gasteiger partial charge in [-0.15, -0.1) is 0 Å². The molecule has 4 nitrogen and oxygen atoms in total. The topological polar surface area (TPSA) is 52.6 Å². The SMILES string of the molecule is CCN(CC)C(=O)CNCC(C)O. The van der Waals surface area contributed by atoms with Crippen LogP contribution in [0.5, 0.6) is 0 Å². The monoisotopic (exact) mass is 188 g/mol. The van der Waals surface area contributed by atoms with Crippen LogP contribution < -0.4 is 5.32 Å². The van der Waals surface area contributed by atoms with Crippen molar-refractivity contribution in [1.29, 1.82) is 0 Å². The van der Waals surface area contributed by atoms with Crippen LogP contribution in [0.4, 0.5) is 0 Å². The number of carbonyl (C=O) groups is 1. The fourth-order valence-corrected chi connectivity index (χ4v) is 1.08. The average Bonchev–Trinajstić information content (AvgIpc) is 2.05. The standard InChI is InChI=1S/C9H20N2O2/c1-4-11(5-2)9(13)7-10-6-8(3)12/h8,10,12H,4-7H2,1-3H3. The van der Waals surface area contributed by atoms with Crippen molar-refractivity contribution in [2.24, 2.45) is 0 Å². The van der Waals surface area contributed by atoms with Gasteiger partial charge in [-0.05, 0) is 20.8 Å². The maximum absolute atomic E-state index is 11.4. The lowest BCUT2D eigenvalue weighted by molar-refractivity contribution is -0.129. The molecule has 0 spiro atoms. The summed E-state index contributed by atoms with van der Waals surface area (Å²) >= 11 is 0. The van der Waals surface area contributed by atoms with E-state index in [-0.39, 0.29) is 5.91 Å². The van der Waals surface area contributed by atoms with Gasteiger partial charge in [0.15, 0.2) is 0 Å². The summed E-state index contributed by atoms with van der Waals surface area (Å²) in [6.45, 7) is 7.86. The third-order valence-corrected chi connectivity index (χ3v) is 1.83. The summed E-state index contributed by atoms with van der Waals surface area (Å²) in [6, 6.07) is 0. The summed E-state index contributed by atoms with van der Waals surface area (Å²) in [4.78, 5) is 13.1. The van der Waals surface area contributed by atoms with Crippen LogP contribution in [0.15, 0.2) is 0 Å². The van der Waals surface area contributed by atoms with Crippen LogP contribution in [0.3, 0.4) is 0 Å². The van der Waals surface area contributed by atoms with Crippen LogP contribution in [0.2, 0.25) is 0 Å². The summed E-state index contributed by atoms with van der Waals surface area (Å²) < 4.78 is 0. The van der Waals surface area contributed by atoms with Crippen molar-refractivity contribution in [3.63, 3.8) is 0 Å². The molecule has 1 amide bonds.